The van der Waals surface area contributed by atoms with Crippen LogP contribution in [0.4, 0.5) is 11.4 Å². The maximum Gasteiger partial charge on any atom is 0.243 e. The molecule has 156 valence electrons. The summed E-state index contributed by atoms with van der Waals surface area (Å²) in [5.41, 5.74) is 1.54. The minimum Gasteiger partial charge on any atom is -0.370 e. The number of piperidine rings is 2. The largest absolute Gasteiger partial charge is 0.370 e. The summed E-state index contributed by atoms with van der Waals surface area (Å²) in [5.74, 6) is -0.176. The standard InChI is InChI=1S/C21H33N3O3S/c1-3-17(2)21(25)22-19-16-18(28(26,27)24-14-8-5-9-15-24)10-11-20(19)23-12-6-4-7-13-23/h10-11,16-17H,3-9,12-15H2,1-2H3,(H,22,25). The van der Waals surface area contributed by atoms with Gasteiger partial charge in [0.15, 0.2) is 0 Å². The zero-order chi connectivity index (χ0) is 20.1. The number of hydrogen-bond acceptors (Lipinski definition) is 4. The van der Waals surface area contributed by atoms with Gasteiger partial charge in [-0.05, 0) is 56.7 Å². The Bertz CT molecular complexity index is 782. The Labute approximate surface area is 169 Å². The van der Waals surface area contributed by atoms with Crippen molar-refractivity contribution in [2.45, 2.75) is 63.7 Å². The van der Waals surface area contributed by atoms with E-state index in [1.54, 1.807) is 16.4 Å². The van der Waals surface area contributed by atoms with E-state index in [1.165, 1.54) is 6.42 Å². The zero-order valence-electron chi connectivity index (χ0n) is 17.1. The van der Waals surface area contributed by atoms with Crippen molar-refractivity contribution < 1.29 is 13.2 Å². The second-order valence-electron chi connectivity index (χ2n) is 7.99. The van der Waals surface area contributed by atoms with Crippen molar-refractivity contribution in [3.63, 3.8) is 0 Å². The average Bonchev–Trinajstić information content (AvgIpc) is 2.74. The Kier molecular flexibility index (Phi) is 6.99. The van der Waals surface area contributed by atoms with E-state index >= 15 is 0 Å². The lowest BCUT2D eigenvalue weighted by Crippen LogP contribution is -2.36. The van der Waals surface area contributed by atoms with Gasteiger partial charge >= 0.3 is 0 Å². The highest BCUT2D eigenvalue weighted by Gasteiger charge is 2.28. The molecule has 6 nitrogen and oxygen atoms in total. The van der Waals surface area contributed by atoms with E-state index < -0.39 is 10.0 Å². The van der Waals surface area contributed by atoms with Crippen LogP contribution >= 0.6 is 0 Å². The summed E-state index contributed by atoms with van der Waals surface area (Å²) >= 11 is 0. The molecule has 2 aliphatic rings. The molecular weight excluding hydrogens is 374 g/mol. The smallest absolute Gasteiger partial charge is 0.243 e. The molecule has 0 saturated carbocycles. The molecule has 1 aromatic rings. The molecule has 2 saturated heterocycles. The molecule has 28 heavy (non-hydrogen) atoms. The van der Waals surface area contributed by atoms with Crippen LogP contribution in [0.15, 0.2) is 23.1 Å². The number of rotatable bonds is 6. The van der Waals surface area contributed by atoms with E-state index in [9.17, 15) is 13.2 Å². The molecule has 1 atom stereocenters. The molecule has 2 aliphatic heterocycles. The zero-order valence-corrected chi connectivity index (χ0v) is 17.9. The first-order valence-electron chi connectivity index (χ1n) is 10.6. The summed E-state index contributed by atoms with van der Waals surface area (Å²) < 4.78 is 27.8. The summed E-state index contributed by atoms with van der Waals surface area (Å²) in [6.45, 7) is 6.89. The van der Waals surface area contributed by atoms with E-state index in [2.05, 4.69) is 10.2 Å². The van der Waals surface area contributed by atoms with Crippen LogP contribution in [0.3, 0.4) is 0 Å². The maximum absolute atomic E-state index is 13.1. The van der Waals surface area contributed by atoms with E-state index in [0.717, 1.165) is 57.3 Å². The van der Waals surface area contributed by atoms with Crippen LogP contribution in [-0.2, 0) is 14.8 Å². The molecule has 3 rings (SSSR count). The molecule has 0 radical (unpaired) electrons. The summed E-state index contributed by atoms with van der Waals surface area (Å²) in [5, 5.41) is 3.01. The quantitative estimate of drug-likeness (QED) is 0.778. The number of benzene rings is 1. The van der Waals surface area contributed by atoms with Gasteiger partial charge in [0.05, 0.1) is 16.3 Å². The molecule has 2 heterocycles. The van der Waals surface area contributed by atoms with Crippen molar-refractivity contribution in [1.29, 1.82) is 0 Å². The molecule has 1 N–H and O–H groups in total. The highest BCUT2D eigenvalue weighted by Crippen LogP contribution is 2.33. The van der Waals surface area contributed by atoms with Gasteiger partial charge < -0.3 is 10.2 Å². The van der Waals surface area contributed by atoms with Crippen molar-refractivity contribution in [3.8, 4) is 0 Å². The summed E-state index contributed by atoms with van der Waals surface area (Å²) in [7, 11) is -3.53. The van der Waals surface area contributed by atoms with Crippen LogP contribution in [0.2, 0.25) is 0 Å². The highest BCUT2D eigenvalue weighted by atomic mass is 32.2. The topological polar surface area (TPSA) is 69.7 Å². The van der Waals surface area contributed by atoms with Gasteiger partial charge in [-0.15, -0.1) is 0 Å². The third kappa shape index (κ3) is 4.69. The number of anilines is 2. The van der Waals surface area contributed by atoms with E-state index in [4.69, 9.17) is 0 Å². The van der Waals surface area contributed by atoms with Gasteiger partial charge in [0.2, 0.25) is 15.9 Å². The lowest BCUT2D eigenvalue weighted by molar-refractivity contribution is -0.119. The lowest BCUT2D eigenvalue weighted by Gasteiger charge is -2.31. The van der Waals surface area contributed by atoms with Crippen LogP contribution in [0.1, 0.15) is 58.8 Å². The number of carbonyl (C=O) groups excluding carboxylic acids is 1. The minimum atomic E-state index is -3.53. The van der Waals surface area contributed by atoms with E-state index in [0.29, 0.717) is 18.8 Å². The van der Waals surface area contributed by atoms with Gasteiger partial charge in [0.1, 0.15) is 0 Å². The lowest BCUT2D eigenvalue weighted by atomic mass is 10.1. The number of carbonyl (C=O) groups is 1. The number of amides is 1. The second-order valence-corrected chi connectivity index (χ2v) is 9.93. The molecule has 0 bridgehead atoms. The van der Waals surface area contributed by atoms with Crippen molar-refractivity contribution in [3.05, 3.63) is 18.2 Å². The number of nitrogens with one attached hydrogen (secondary N) is 1. The fraction of sp³-hybridized carbons (Fsp3) is 0.667. The molecule has 1 unspecified atom stereocenters. The van der Waals surface area contributed by atoms with Gasteiger partial charge in [-0.3, -0.25) is 4.79 Å². The van der Waals surface area contributed by atoms with Gasteiger partial charge in [-0.25, -0.2) is 8.42 Å². The maximum atomic E-state index is 13.1. The highest BCUT2D eigenvalue weighted by molar-refractivity contribution is 7.89. The van der Waals surface area contributed by atoms with Crippen LogP contribution < -0.4 is 10.2 Å². The Hall–Kier alpha value is -1.60. The fourth-order valence-corrected chi connectivity index (χ4v) is 5.43. The van der Waals surface area contributed by atoms with Crippen LogP contribution in [0.5, 0.6) is 0 Å². The van der Waals surface area contributed by atoms with Gasteiger partial charge in [-0.1, -0.05) is 20.3 Å². The second kappa shape index (κ2) is 9.27. The van der Waals surface area contributed by atoms with Gasteiger partial charge in [0.25, 0.3) is 0 Å². The molecule has 2 fully saturated rings. The van der Waals surface area contributed by atoms with E-state index in [1.807, 2.05) is 19.9 Å². The van der Waals surface area contributed by atoms with Crippen molar-refractivity contribution in [2.75, 3.05) is 36.4 Å². The predicted molar refractivity (Wildman–Crippen MR) is 113 cm³/mol. The SMILES string of the molecule is CCC(C)C(=O)Nc1cc(S(=O)(=O)N2CCCCC2)ccc1N1CCCCC1. The Morgan fingerprint density at radius 3 is 2.25 bits per heavy atom. The normalized spacial score (nSPS) is 20.0. The number of nitrogens with zero attached hydrogens (tertiary/aromatic N) is 2. The van der Waals surface area contributed by atoms with E-state index in [-0.39, 0.29) is 16.7 Å². The molecule has 1 amide bonds. The van der Waals surface area contributed by atoms with Crippen molar-refractivity contribution in [1.82, 2.24) is 4.31 Å². The third-order valence-corrected chi connectivity index (χ3v) is 7.83. The molecule has 0 spiro atoms. The summed E-state index contributed by atoms with van der Waals surface area (Å²) in [6, 6.07) is 5.23. The monoisotopic (exact) mass is 407 g/mol. The molecule has 7 heteroatoms. The summed E-state index contributed by atoms with van der Waals surface area (Å²) in [6.07, 6.45) is 7.09. The fourth-order valence-electron chi connectivity index (χ4n) is 3.88. The average molecular weight is 408 g/mol. The van der Waals surface area contributed by atoms with Gasteiger partial charge in [-0.2, -0.15) is 4.31 Å². The number of hydrogen-bond donors (Lipinski definition) is 1. The van der Waals surface area contributed by atoms with Crippen LogP contribution in [0.25, 0.3) is 0 Å². The first kappa shape index (κ1) is 21.1. The predicted octanol–water partition coefficient (Wildman–Crippen LogP) is 3.84. The van der Waals surface area contributed by atoms with Crippen molar-refractivity contribution >= 4 is 27.3 Å². The Balaban J connectivity index is 1.94. The Morgan fingerprint density at radius 2 is 1.64 bits per heavy atom. The molecular formula is C21H33N3O3S. The Morgan fingerprint density at radius 1 is 1.04 bits per heavy atom. The van der Waals surface area contributed by atoms with Crippen molar-refractivity contribution in [2.24, 2.45) is 5.92 Å². The molecule has 1 aromatic carbocycles. The molecule has 0 aromatic heterocycles. The van der Waals surface area contributed by atoms with Crippen LogP contribution in [0, 0.1) is 5.92 Å². The summed E-state index contributed by atoms with van der Waals surface area (Å²) in [4.78, 5) is 15.1. The van der Waals surface area contributed by atoms with Gasteiger partial charge in [0, 0.05) is 32.1 Å². The van der Waals surface area contributed by atoms with Crippen LogP contribution in [-0.4, -0.2) is 44.8 Å². The first-order chi connectivity index (χ1) is 13.4. The molecule has 0 aliphatic carbocycles. The third-order valence-electron chi connectivity index (χ3n) is 5.94. The minimum absolute atomic E-state index is 0.0618. The first-order valence-corrected chi connectivity index (χ1v) is 12.1. The number of sulfonamides is 1.